The fourth-order valence-corrected chi connectivity index (χ4v) is 3.15. The number of pyridine rings is 1. The highest BCUT2D eigenvalue weighted by Gasteiger charge is 2.47. The lowest BCUT2D eigenvalue weighted by Gasteiger charge is -2.22. The topological polar surface area (TPSA) is 48.8 Å². The first-order chi connectivity index (χ1) is 13.8. The number of aromatic nitrogens is 1. The Hall–Kier alpha value is -3.16. The highest BCUT2D eigenvalue weighted by molar-refractivity contribution is 6.34. The van der Waals surface area contributed by atoms with Gasteiger partial charge in [-0.3, -0.25) is 4.79 Å². The van der Waals surface area contributed by atoms with Gasteiger partial charge in [-0.25, -0.2) is 4.98 Å². The zero-order valence-electron chi connectivity index (χ0n) is 16.4. The molecule has 1 amide bonds. The predicted octanol–water partition coefficient (Wildman–Crippen LogP) is 4.58. The Balaban J connectivity index is 2.03. The van der Waals surface area contributed by atoms with E-state index >= 15 is 0 Å². The minimum atomic E-state index is -4.76. The summed E-state index contributed by atoms with van der Waals surface area (Å²) in [6.07, 6.45) is -2.12. The first-order valence-electron chi connectivity index (χ1n) is 9.25. The molecule has 0 atom stereocenters. The summed E-state index contributed by atoms with van der Waals surface area (Å²) in [5.41, 5.74) is 0.561. The van der Waals surface area contributed by atoms with E-state index in [-0.39, 0.29) is 5.82 Å². The summed E-state index contributed by atoms with van der Waals surface area (Å²) in [5.74, 6) is -0.820. The van der Waals surface area contributed by atoms with Gasteiger partial charge in [0, 0.05) is 25.0 Å². The number of benzene rings is 1. The Kier molecular flexibility index (Phi) is 5.72. The molecule has 2 heterocycles. The number of carbonyl (C=O) groups excluding carboxylic acids is 1. The average molecular weight is 402 g/mol. The standard InChI is InChI=1S/C21H21F3N4O/c1-4-27(5-2)16-10-9-15(14(3)12-16)13-17-19(21(22,23)24)26-28(20(17)29)18-8-6-7-11-25-18/h6-13H,4-5H2,1-3H3. The monoisotopic (exact) mass is 402 g/mol. The van der Waals surface area contributed by atoms with Crippen LogP contribution in [0.3, 0.4) is 0 Å². The van der Waals surface area contributed by atoms with Crippen molar-refractivity contribution in [2.24, 2.45) is 5.10 Å². The normalized spacial score (nSPS) is 15.8. The highest BCUT2D eigenvalue weighted by atomic mass is 19.4. The maximum atomic E-state index is 13.6. The molecule has 1 aromatic carbocycles. The third-order valence-electron chi connectivity index (χ3n) is 4.69. The largest absolute Gasteiger partial charge is 0.435 e. The van der Waals surface area contributed by atoms with Gasteiger partial charge in [-0.2, -0.15) is 23.3 Å². The molecule has 8 heteroatoms. The second-order valence-corrected chi connectivity index (χ2v) is 6.52. The number of hydrogen-bond acceptors (Lipinski definition) is 4. The molecule has 0 unspecified atom stereocenters. The summed E-state index contributed by atoms with van der Waals surface area (Å²) >= 11 is 0. The lowest BCUT2D eigenvalue weighted by molar-refractivity contribution is -0.114. The van der Waals surface area contributed by atoms with Gasteiger partial charge >= 0.3 is 6.18 Å². The van der Waals surface area contributed by atoms with Crippen LogP contribution in [0.5, 0.6) is 0 Å². The van der Waals surface area contributed by atoms with Gasteiger partial charge in [-0.15, -0.1) is 0 Å². The molecule has 0 radical (unpaired) electrons. The number of alkyl halides is 3. The molecule has 0 spiro atoms. The number of carbonyl (C=O) groups is 1. The van der Waals surface area contributed by atoms with Crippen LogP contribution in [0.2, 0.25) is 0 Å². The molecule has 29 heavy (non-hydrogen) atoms. The van der Waals surface area contributed by atoms with Crippen molar-refractivity contribution in [3.8, 4) is 0 Å². The number of aryl methyl sites for hydroxylation is 1. The average Bonchev–Trinajstić information content (AvgIpc) is 3.02. The summed E-state index contributed by atoms with van der Waals surface area (Å²) in [4.78, 5) is 18.8. The molecule has 0 saturated carbocycles. The maximum absolute atomic E-state index is 13.6. The van der Waals surface area contributed by atoms with Crippen molar-refractivity contribution in [2.75, 3.05) is 23.0 Å². The zero-order valence-corrected chi connectivity index (χ0v) is 16.4. The summed E-state index contributed by atoms with van der Waals surface area (Å²) in [5, 5.41) is 4.22. The van der Waals surface area contributed by atoms with E-state index in [2.05, 4.69) is 15.0 Å². The van der Waals surface area contributed by atoms with Crippen LogP contribution in [0, 0.1) is 6.92 Å². The molecule has 0 saturated heterocycles. The Bertz CT molecular complexity index is 964. The number of anilines is 2. The third kappa shape index (κ3) is 4.16. The van der Waals surface area contributed by atoms with Gasteiger partial charge in [0.05, 0.1) is 5.57 Å². The van der Waals surface area contributed by atoms with Crippen molar-refractivity contribution in [1.82, 2.24) is 4.98 Å². The molecule has 0 aliphatic carbocycles. The summed E-state index contributed by atoms with van der Waals surface area (Å²) in [6.45, 7) is 7.51. The van der Waals surface area contributed by atoms with Crippen molar-refractivity contribution in [2.45, 2.75) is 26.9 Å². The number of rotatable bonds is 5. The van der Waals surface area contributed by atoms with E-state index < -0.39 is 23.4 Å². The molecule has 0 fully saturated rings. The predicted molar refractivity (Wildman–Crippen MR) is 108 cm³/mol. The molecular formula is C21H21F3N4O. The van der Waals surface area contributed by atoms with Crippen molar-refractivity contribution in [3.63, 3.8) is 0 Å². The number of amides is 1. The van der Waals surface area contributed by atoms with Gasteiger partial charge in [0.1, 0.15) is 0 Å². The van der Waals surface area contributed by atoms with E-state index in [1.54, 1.807) is 25.1 Å². The summed E-state index contributed by atoms with van der Waals surface area (Å²) in [7, 11) is 0. The lowest BCUT2D eigenvalue weighted by atomic mass is 10.0. The fourth-order valence-electron chi connectivity index (χ4n) is 3.15. The van der Waals surface area contributed by atoms with Crippen LogP contribution in [0.15, 0.2) is 53.3 Å². The van der Waals surface area contributed by atoms with Crippen LogP contribution in [-0.4, -0.2) is 35.9 Å². The minimum Gasteiger partial charge on any atom is -0.372 e. The number of hydrazone groups is 1. The Labute approximate surface area is 167 Å². The van der Waals surface area contributed by atoms with Crippen molar-refractivity contribution >= 4 is 29.2 Å². The SMILES string of the molecule is CCN(CC)c1ccc(C=C2C(=O)N(c3ccccn3)N=C2C(F)(F)F)c(C)c1. The Morgan fingerprint density at radius 2 is 1.86 bits per heavy atom. The van der Waals surface area contributed by atoms with Crippen molar-refractivity contribution in [3.05, 3.63) is 59.3 Å². The van der Waals surface area contributed by atoms with Crippen LogP contribution in [-0.2, 0) is 4.79 Å². The van der Waals surface area contributed by atoms with Gasteiger partial charge < -0.3 is 4.90 Å². The Morgan fingerprint density at radius 1 is 1.14 bits per heavy atom. The molecule has 0 N–H and O–H groups in total. The van der Waals surface area contributed by atoms with Crippen LogP contribution >= 0.6 is 0 Å². The van der Waals surface area contributed by atoms with Crippen LogP contribution in [0.25, 0.3) is 6.08 Å². The van der Waals surface area contributed by atoms with E-state index in [4.69, 9.17) is 0 Å². The molecule has 1 aromatic heterocycles. The molecule has 1 aliphatic heterocycles. The smallest absolute Gasteiger partial charge is 0.372 e. The van der Waals surface area contributed by atoms with Gasteiger partial charge in [-0.05, 0) is 62.2 Å². The zero-order chi connectivity index (χ0) is 21.2. The van der Waals surface area contributed by atoms with Crippen molar-refractivity contribution < 1.29 is 18.0 Å². The van der Waals surface area contributed by atoms with Gasteiger partial charge in [0.2, 0.25) is 0 Å². The van der Waals surface area contributed by atoms with Gasteiger partial charge in [0.25, 0.3) is 5.91 Å². The number of nitrogens with zero attached hydrogens (tertiary/aromatic N) is 4. The molecule has 0 bridgehead atoms. The Morgan fingerprint density at radius 3 is 2.41 bits per heavy atom. The third-order valence-corrected chi connectivity index (χ3v) is 4.69. The minimum absolute atomic E-state index is 0.0382. The number of hydrogen-bond donors (Lipinski definition) is 0. The first-order valence-corrected chi connectivity index (χ1v) is 9.25. The second kappa shape index (κ2) is 8.06. The van der Waals surface area contributed by atoms with E-state index in [0.717, 1.165) is 24.3 Å². The summed E-state index contributed by atoms with van der Waals surface area (Å²) < 4.78 is 40.7. The molecule has 3 rings (SSSR count). The van der Waals surface area contributed by atoms with Crippen LogP contribution < -0.4 is 9.91 Å². The first kappa shape index (κ1) is 20.6. The van der Waals surface area contributed by atoms with E-state index in [0.29, 0.717) is 10.6 Å². The molecule has 2 aromatic rings. The van der Waals surface area contributed by atoms with Crippen LogP contribution in [0.1, 0.15) is 25.0 Å². The fraction of sp³-hybridized carbons (Fsp3) is 0.286. The number of halogens is 3. The molecule has 152 valence electrons. The van der Waals surface area contributed by atoms with Crippen molar-refractivity contribution in [1.29, 1.82) is 0 Å². The maximum Gasteiger partial charge on any atom is 0.435 e. The molecule has 5 nitrogen and oxygen atoms in total. The molecular weight excluding hydrogens is 381 g/mol. The van der Waals surface area contributed by atoms with Gasteiger partial charge in [0.15, 0.2) is 11.5 Å². The van der Waals surface area contributed by atoms with E-state index in [1.807, 2.05) is 26.0 Å². The second-order valence-electron chi connectivity index (χ2n) is 6.52. The summed E-state index contributed by atoms with van der Waals surface area (Å²) in [6, 6.07) is 10.1. The van der Waals surface area contributed by atoms with Gasteiger partial charge in [-0.1, -0.05) is 12.1 Å². The van der Waals surface area contributed by atoms with Crippen LogP contribution in [0.4, 0.5) is 24.7 Å². The van der Waals surface area contributed by atoms with E-state index in [1.165, 1.54) is 18.3 Å². The van der Waals surface area contributed by atoms with E-state index in [9.17, 15) is 18.0 Å². The quantitative estimate of drug-likeness (QED) is 0.688. The lowest BCUT2D eigenvalue weighted by Crippen LogP contribution is -2.25. The molecule has 1 aliphatic rings. The highest BCUT2D eigenvalue weighted by Crippen LogP contribution is 2.32.